The third kappa shape index (κ3) is 5.16. The number of likely N-dealkylation sites (tertiary alicyclic amines) is 1. The first-order valence-corrected chi connectivity index (χ1v) is 9.74. The Morgan fingerprint density at radius 1 is 1.30 bits per heavy atom. The van der Waals surface area contributed by atoms with Crippen LogP contribution in [0.2, 0.25) is 0 Å². The van der Waals surface area contributed by atoms with Crippen LogP contribution in [-0.2, 0) is 20.9 Å². The van der Waals surface area contributed by atoms with E-state index in [0.717, 1.165) is 11.3 Å². The fourth-order valence-electron chi connectivity index (χ4n) is 3.31. The zero-order chi connectivity index (χ0) is 21.7. The number of esters is 1. The number of ether oxygens (including phenoxy) is 2. The number of hydrogen-bond acceptors (Lipinski definition) is 7. The first-order chi connectivity index (χ1) is 14.3. The highest BCUT2D eigenvalue weighted by atomic mass is 16.5. The second-order valence-electron chi connectivity index (χ2n) is 7.28. The molecule has 3 rings (SSSR count). The normalized spacial score (nSPS) is 16.2. The molecule has 1 atom stereocenters. The third-order valence-corrected chi connectivity index (χ3v) is 5.14. The number of aryl methyl sites for hydroxylation is 2. The minimum Gasteiger partial charge on any atom is -0.489 e. The number of rotatable bonds is 7. The molecule has 0 unspecified atom stereocenters. The minimum absolute atomic E-state index is 0.258. The van der Waals surface area contributed by atoms with Crippen molar-refractivity contribution in [2.75, 3.05) is 19.7 Å². The van der Waals surface area contributed by atoms with Gasteiger partial charge in [-0.15, -0.1) is 0 Å². The molecule has 1 aliphatic heterocycles. The molecule has 2 heterocycles. The molecule has 2 amide bonds. The average Bonchev–Trinajstić information content (AvgIpc) is 3.07. The van der Waals surface area contributed by atoms with Crippen LogP contribution in [-0.4, -0.2) is 47.5 Å². The summed E-state index contributed by atoms with van der Waals surface area (Å²) in [6.45, 7) is 4.27. The SMILES string of the molecule is Cc1noc(C)c1COc1cccc(C(=O)OCC(=O)N2CCC[C@H](C(N)=O)C2)c1. The average molecular weight is 415 g/mol. The topological polar surface area (TPSA) is 125 Å². The number of piperidine rings is 1. The summed E-state index contributed by atoms with van der Waals surface area (Å²) >= 11 is 0. The number of benzene rings is 1. The van der Waals surface area contributed by atoms with Crippen LogP contribution in [0, 0.1) is 19.8 Å². The molecule has 1 aliphatic rings. The van der Waals surface area contributed by atoms with E-state index in [1.165, 1.54) is 4.90 Å². The summed E-state index contributed by atoms with van der Waals surface area (Å²) in [7, 11) is 0. The van der Waals surface area contributed by atoms with Crippen molar-refractivity contribution in [3.8, 4) is 5.75 Å². The molecule has 1 aromatic heterocycles. The van der Waals surface area contributed by atoms with Crippen molar-refractivity contribution in [1.29, 1.82) is 0 Å². The lowest BCUT2D eigenvalue weighted by Crippen LogP contribution is -2.45. The largest absolute Gasteiger partial charge is 0.489 e. The van der Waals surface area contributed by atoms with Crippen LogP contribution in [0.1, 0.15) is 40.2 Å². The van der Waals surface area contributed by atoms with Gasteiger partial charge in [-0.3, -0.25) is 9.59 Å². The van der Waals surface area contributed by atoms with E-state index < -0.39 is 18.5 Å². The Labute approximate surface area is 174 Å². The predicted molar refractivity (Wildman–Crippen MR) is 106 cm³/mol. The monoisotopic (exact) mass is 415 g/mol. The minimum atomic E-state index is -0.630. The van der Waals surface area contributed by atoms with E-state index in [0.29, 0.717) is 30.9 Å². The number of nitrogens with zero attached hydrogens (tertiary/aromatic N) is 2. The predicted octanol–water partition coefficient (Wildman–Crippen LogP) is 1.75. The molecule has 160 valence electrons. The van der Waals surface area contributed by atoms with Gasteiger partial charge in [-0.2, -0.15) is 0 Å². The highest BCUT2D eigenvalue weighted by molar-refractivity contribution is 5.91. The third-order valence-electron chi connectivity index (χ3n) is 5.14. The van der Waals surface area contributed by atoms with Gasteiger partial charge in [0.2, 0.25) is 5.91 Å². The van der Waals surface area contributed by atoms with Gasteiger partial charge in [0.25, 0.3) is 5.91 Å². The van der Waals surface area contributed by atoms with Gasteiger partial charge in [-0.1, -0.05) is 11.2 Å². The van der Waals surface area contributed by atoms with E-state index in [1.807, 2.05) is 6.92 Å². The smallest absolute Gasteiger partial charge is 0.338 e. The van der Waals surface area contributed by atoms with Crippen LogP contribution in [0.5, 0.6) is 5.75 Å². The van der Waals surface area contributed by atoms with Gasteiger partial charge >= 0.3 is 5.97 Å². The lowest BCUT2D eigenvalue weighted by atomic mass is 9.97. The molecule has 30 heavy (non-hydrogen) atoms. The second kappa shape index (κ2) is 9.43. The van der Waals surface area contributed by atoms with Crippen LogP contribution in [0.25, 0.3) is 0 Å². The first kappa shape index (κ1) is 21.4. The molecule has 0 aliphatic carbocycles. The Morgan fingerprint density at radius 3 is 2.80 bits per heavy atom. The zero-order valence-electron chi connectivity index (χ0n) is 17.1. The van der Waals surface area contributed by atoms with Crippen LogP contribution in [0.3, 0.4) is 0 Å². The fraction of sp³-hybridized carbons (Fsp3) is 0.429. The molecule has 2 aromatic rings. The van der Waals surface area contributed by atoms with Crippen LogP contribution < -0.4 is 10.5 Å². The van der Waals surface area contributed by atoms with Gasteiger partial charge in [-0.25, -0.2) is 4.79 Å². The number of primary amides is 1. The summed E-state index contributed by atoms with van der Waals surface area (Å²) in [4.78, 5) is 37.5. The van der Waals surface area contributed by atoms with E-state index in [4.69, 9.17) is 19.7 Å². The number of amides is 2. The number of carbonyl (C=O) groups excluding carboxylic acids is 3. The summed E-state index contributed by atoms with van der Waals surface area (Å²) in [5.74, 6) is -0.591. The van der Waals surface area contributed by atoms with Crippen molar-refractivity contribution in [2.24, 2.45) is 11.7 Å². The van der Waals surface area contributed by atoms with E-state index in [9.17, 15) is 14.4 Å². The molecule has 0 bridgehead atoms. The van der Waals surface area contributed by atoms with Crippen molar-refractivity contribution < 1.29 is 28.4 Å². The summed E-state index contributed by atoms with van der Waals surface area (Å²) in [6, 6.07) is 6.52. The van der Waals surface area contributed by atoms with E-state index >= 15 is 0 Å². The second-order valence-corrected chi connectivity index (χ2v) is 7.28. The van der Waals surface area contributed by atoms with Crippen molar-refractivity contribution in [3.05, 3.63) is 46.8 Å². The maximum Gasteiger partial charge on any atom is 0.338 e. The summed E-state index contributed by atoms with van der Waals surface area (Å²) in [5.41, 5.74) is 7.20. The Bertz CT molecular complexity index is 919. The Balaban J connectivity index is 1.53. The van der Waals surface area contributed by atoms with E-state index in [-0.39, 0.29) is 30.5 Å². The lowest BCUT2D eigenvalue weighted by molar-refractivity contribution is -0.137. The van der Waals surface area contributed by atoms with Crippen LogP contribution >= 0.6 is 0 Å². The quantitative estimate of drug-likeness (QED) is 0.683. The lowest BCUT2D eigenvalue weighted by Gasteiger charge is -2.31. The Hall–Kier alpha value is -3.36. The summed E-state index contributed by atoms with van der Waals surface area (Å²) in [5, 5.41) is 3.88. The molecule has 0 saturated carbocycles. The van der Waals surface area contributed by atoms with Gasteiger partial charge < -0.3 is 24.6 Å². The number of aromatic nitrogens is 1. The van der Waals surface area contributed by atoms with Gasteiger partial charge in [0.1, 0.15) is 18.1 Å². The summed E-state index contributed by atoms with van der Waals surface area (Å²) < 4.78 is 16.0. The Morgan fingerprint density at radius 2 is 2.10 bits per heavy atom. The highest BCUT2D eigenvalue weighted by Crippen LogP contribution is 2.19. The molecular formula is C21H25N3O6. The molecule has 1 aromatic carbocycles. The van der Waals surface area contributed by atoms with E-state index in [1.54, 1.807) is 31.2 Å². The van der Waals surface area contributed by atoms with Crippen molar-refractivity contribution >= 4 is 17.8 Å². The van der Waals surface area contributed by atoms with Gasteiger partial charge in [0.15, 0.2) is 6.61 Å². The van der Waals surface area contributed by atoms with E-state index in [2.05, 4.69) is 5.16 Å². The molecule has 2 N–H and O–H groups in total. The molecule has 1 saturated heterocycles. The van der Waals surface area contributed by atoms with Gasteiger partial charge in [-0.05, 0) is 44.9 Å². The molecular weight excluding hydrogens is 390 g/mol. The maximum absolute atomic E-state index is 12.4. The van der Waals surface area contributed by atoms with Gasteiger partial charge in [0.05, 0.1) is 22.7 Å². The first-order valence-electron chi connectivity index (χ1n) is 9.74. The fourth-order valence-corrected chi connectivity index (χ4v) is 3.31. The number of hydrogen-bond donors (Lipinski definition) is 1. The van der Waals surface area contributed by atoms with Crippen LogP contribution in [0.4, 0.5) is 0 Å². The number of carbonyl (C=O) groups is 3. The van der Waals surface area contributed by atoms with Crippen molar-refractivity contribution in [2.45, 2.75) is 33.3 Å². The molecule has 9 nitrogen and oxygen atoms in total. The standard InChI is InChI=1S/C21H25N3O6/c1-13-18(14(2)30-23-13)11-28-17-7-3-5-15(9-17)21(27)29-12-19(25)24-8-4-6-16(10-24)20(22)26/h3,5,7,9,16H,4,6,8,10-12H2,1-2H3,(H2,22,26)/t16-/m0/s1. The zero-order valence-corrected chi connectivity index (χ0v) is 17.1. The van der Waals surface area contributed by atoms with Crippen LogP contribution in [0.15, 0.2) is 28.8 Å². The highest BCUT2D eigenvalue weighted by Gasteiger charge is 2.27. The molecule has 9 heteroatoms. The molecule has 0 spiro atoms. The van der Waals surface area contributed by atoms with Gasteiger partial charge in [0, 0.05) is 13.1 Å². The molecule has 1 fully saturated rings. The maximum atomic E-state index is 12.4. The number of nitrogens with two attached hydrogens (primary N) is 1. The summed E-state index contributed by atoms with van der Waals surface area (Å²) in [6.07, 6.45) is 1.36. The molecule has 0 radical (unpaired) electrons. The van der Waals surface area contributed by atoms with Crippen molar-refractivity contribution in [1.82, 2.24) is 10.1 Å². The Kier molecular flexibility index (Phi) is 6.71. The van der Waals surface area contributed by atoms with Crippen molar-refractivity contribution in [3.63, 3.8) is 0 Å².